The molecular formula is C30H46O6. The first-order valence-corrected chi connectivity index (χ1v) is 14.4. The van der Waals surface area contributed by atoms with Crippen LogP contribution in [-0.4, -0.2) is 38.4 Å². The maximum Gasteiger partial charge on any atom is 0.305 e. The molecule has 6 heteroatoms. The normalized spacial score (nSPS) is 16.9. The Morgan fingerprint density at radius 2 is 1.08 bits per heavy atom. The lowest BCUT2D eigenvalue weighted by Crippen LogP contribution is -2.12. The fourth-order valence-electron chi connectivity index (χ4n) is 5.26. The van der Waals surface area contributed by atoms with Gasteiger partial charge < -0.3 is 18.9 Å². The van der Waals surface area contributed by atoms with Crippen molar-refractivity contribution in [1.29, 1.82) is 0 Å². The fourth-order valence-corrected chi connectivity index (χ4v) is 5.26. The third-order valence-electron chi connectivity index (χ3n) is 7.41. The van der Waals surface area contributed by atoms with Crippen molar-refractivity contribution in [3.63, 3.8) is 0 Å². The van der Waals surface area contributed by atoms with E-state index in [1.165, 1.54) is 64.2 Å². The van der Waals surface area contributed by atoms with Gasteiger partial charge in [0.1, 0.15) is 11.5 Å². The molecule has 6 nitrogen and oxygen atoms in total. The average molecular weight is 503 g/mol. The van der Waals surface area contributed by atoms with Crippen LogP contribution in [0.15, 0.2) is 24.3 Å². The zero-order valence-corrected chi connectivity index (χ0v) is 22.1. The third-order valence-corrected chi connectivity index (χ3v) is 7.41. The van der Waals surface area contributed by atoms with Crippen molar-refractivity contribution in [2.45, 2.75) is 103 Å². The molecule has 0 aromatic heterocycles. The molecule has 0 radical (unpaired) electrons. The topological polar surface area (TPSA) is 71.1 Å². The molecular weight excluding hydrogens is 456 g/mol. The summed E-state index contributed by atoms with van der Waals surface area (Å²) in [5.41, 5.74) is 0. The molecule has 2 aliphatic rings. The number of benzene rings is 1. The number of hydrogen-bond acceptors (Lipinski definition) is 6. The highest BCUT2D eigenvalue weighted by atomic mass is 16.5. The minimum atomic E-state index is -0.0918. The molecule has 0 aliphatic heterocycles. The van der Waals surface area contributed by atoms with E-state index in [2.05, 4.69) is 0 Å². The minimum absolute atomic E-state index is 0.0918. The average Bonchev–Trinajstić information content (AvgIpc) is 2.92. The molecule has 0 heterocycles. The molecule has 1 aromatic rings. The lowest BCUT2D eigenvalue weighted by molar-refractivity contribution is -0.145. The van der Waals surface area contributed by atoms with Crippen molar-refractivity contribution in [3.05, 3.63) is 24.3 Å². The summed E-state index contributed by atoms with van der Waals surface area (Å²) in [7, 11) is 0. The van der Waals surface area contributed by atoms with Crippen molar-refractivity contribution in [3.8, 4) is 11.5 Å². The zero-order valence-electron chi connectivity index (χ0n) is 22.1. The van der Waals surface area contributed by atoms with Gasteiger partial charge >= 0.3 is 11.9 Å². The number of rotatable bonds is 16. The highest BCUT2D eigenvalue weighted by molar-refractivity contribution is 5.69. The van der Waals surface area contributed by atoms with Crippen LogP contribution in [0.2, 0.25) is 0 Å². The molecule has 0 unspecified atom stereocenters. The van der Waals surface area contributed by atoms with Crippen molar-refractivity contribution >= 4 is 11.9 Å². The Labute approximate surface area is 217 Å². The van der Waals surface area contributed by atoms with E-state index in [0.29, 0.717) is 63.9 Å². The van der Waals surface area contributed by atoms with Crippen molar-refractivity contribution in [1.82, 2.24) is 0 Å². The summed E-state index contributed by atoms with van der Waals surface area (Å²) in [6.07, 6.45) is 17.3. The van der Waals surface area contributed by atoms with E-state index >= 15 is 0 Å². The first-order chi connectivity index (χ1) is 17.7. The summed E-state index contributed by atoms with van der Waals surface area (Å²) in [6.45, 7) is 1.74. The van der Waals surface area contributed by atoms with Gasteiger partial charge in [-0.3, -0.25) is 9.59 Å². The Balaban J connectivity index is 1.17. The zero-order chi connectivity index (χ0) is 25.3. The number of carbonyl (C=O) groups excluding carboxylic acids is 2. The van der Waals surface area contributed by atoms with E-state index in [1.54, 1.807) is 0 Å². The number of ether oxygens (including phenoxy) is 4. The van der Waals surface area contributed by atoms with Gasteiger partial charge in [-0.15, -0.1) is 0 Å². The van der Waals surface area contributed by atoms with E-state index in [0.717, 1.165) is 24.3 Å². The second-order valence-electron chi connectivity index (χ2n) is 10.4. The summed E-state index contributed by atoms with van der Waals surface area (Å²) in [4.78, 5) is 23.9. The Morgan fingerprint density at radius 1 is 0.639 bits per heavy atom. The van der Waals surface area contributed by atoms with Gasteiger partial charge in [-0.1, -0.05) is 70.3 Å². The molecule has 1 aromatic carbocycles. The molecule has 36 heavy (non-hydrogen) atoms. The fraction of sp³-hybridized carbons (Fsp3) is 0.733. The molecule has 0 N–H and O–H groups in total. The molecule has 0 atom stereocenters. The van der Waals surface area contributed by atoms with Crippen molar-refractivity contribution < 1.29 is 28.5 Å². The van der Waals surface area contributed by atoms with Gasteiger partial charge in [-0.25, -0.2) is 0 Å². The molecule has 2 aliphatic carbocycles. The van der Waals surface area contributed by atoms with Gasteiger partial charge in [-0.05, 0) is 36.8 Å². The highest BCUT2D eigenvalue weighted by Crippen LogP contribution is 2.28. The standard InChI is InChI=1S/C30H46O6/c31-29(18-16-25-10-3-1-4-11-25)35-22-8-20-33-27-14-7-15-28(24-27)34-21-9-23-36-30(32)19-17-26-12-5-2-6-13-26/h7,14-15,24-26H,1-6,8-13,16-23H2. The molecule has 0 saturated heterocycles. The Kier molecular flexibility index (Phi) is 13.6. The molecule has 202 valence electrons. The Morgan fingerprint density at radius 3 is 1.53 bits per heavy atom. The smallest absolute Gasteiger partial charge is 0.305 e. The SMILES string of the molecule is O=C(CCC1CCCCC1)OCCCOc1cccc(OCCCOC(=O)CCC2CCCCC2)c1. The predicted octanol–water partition coefficient (Wildman–Crippen LogP) is 7.03. The van der Waals surface area contributed by atoms with Gasteiger partial charge in [0.2, 0.25) is 0 Å². The highest BCUT2D eigenvalue weighted by Gasteiger charge is 2.16. The summed E-state index contributed by atoms with van der Waals surface area (Å²) >= 11 is 0. The third kappa shape index (κ3) is 12.1. The molecule has 2 fully saturated rings. The quantitative estimate of drug-likeness (QED) is 0.178. The Hall–Kier alpha value is -2.24. The number of carbonyl (C=O) groups is 2. The van der Waals surface area contributed by atoms with Crippen LogP contribution < -0.4 is 9.47 Å². The predicted molar refractivity (Wildman–Crippen MR) is 140 cm³/mol. The number of hydrogen-bond donors (Lipinski definition) is 0. The summed E-state index contributed by atoms with van der Waals surface area (Å²) in [6, 6.07) is 7.52. The van der Waals surface area contributed by atoms with E-state index in [-0.39, 0.29) is 11.9 Å². The van der Waals surface area contributed by atoms with E-state index < -0.39 is 0 Å². The summed E-state index contributed by atoms with van der Waals surface area (Å²) in [5.74, 6) is 2.68. The monoisotopic (exact) mass is 502 g/mol. The molecule has 0 spiro atoms. The van der Waals surface area contributed by atoms with Crippen LogP contribution in [0.3, 0.4) is 0 Å². The maximum absolute atomic E-state index is 11.9. The van der Waals surface area contributed by atoms with Gasteiger partial charge in [-0.2, -0.15) is 0 Å². The summed E-state index contributed by atoms with van der Waals surface area (Å²) in [5, 5.41) is 0. The van der Waals surface area contributed by atoms with Crippen LogP contribution in [0.1, 0.15) is 103 Å². The van der Waals surface area contributed by atoms with Crippen LogP contribution in [0.4, 0.5) is 0 Å². The van der Waals surface area contributed by atoms with E-state index in [4.69, 9.17) is 18.9 Å². The molecule has 3 rings (SSSR count). The molecule has 0 bridgehead atoms. The molecule has 2 saturated carbocycles. The van der Waals surface area contributed by atoms with Gasteiger partial charge in [0.15, 0.2) is 0 Å². The first kappa shape index (κ1) is 28.3. The van der Waals surface area contributed by atoms with Gasteiger partial charge in [0.25, 0.3) is 0 Å². The lowest BCUT2D eigenvalue weighted by Gasteiger charge is -2.20. The first-order valence-electron chi connectivity index (χ1n) is 14.4. The van der Waals surface area contributed by atoms with Crippen LogP contribution in [0.5, 0.6) is 11.5 Å². The maximum atomic E-state index is 11.9. The Bertz CT molecular complexity index is 692. The van der Waals surface area contributed by atoms with Crippen LogP contribution >= 0.6 is 0 Å². The van der Waals surface area contributed by atoms with Gasteiger partial charge in [0.05, 0.1) is 26.4 Å². The van der Waals surface area contributed by atoms with Crippen LogP contribution in [0.25, 0.3) is 0 Å². The van der Waals surface area contributed by atoms with E-state index in [1.807, 2.05) is 24.3 Å². The van der Waals surface area contributed by atoms with Crippen LogP contribution in [0, 0.1) is 11.8 Å². The van der Waals surface area contributed by atoms with Crippen molar-refractivity contribution in [2.75, 3.05) is 26.4 Å². The second-order valence-corrected chi connectivity index (χ2v) is 10.4. The second kappa shape index (κ2) is 17.3. The minimum Gasteiger partial charge on any atom is -0.493 e. The largest absolute Gasteiger partial charge is 0.493 e. The van der Waals surface area contributed by atoms with E-state index in [9.17, 15) is 9.59 Å². The summed E-state index contributed by atoms with van der Waals surface area (Å²) < 4.78 is 22.3. The van der Waals surface area contributed by atoms with Crippen molar-refractivity contribution in [2.24, 2.45) is 11.8 Å². The lowest BCUT2D eigenvalue weighted by atomic mass is 9.86. The van der Waals surface area contributed by atoms with Gasteiger partial charge in [0, 0.05) is 31.7 Å². The number of esters is 2. The van der Waals surface area contributed by atoms with Crippen LogP contribution in [-0.2, 0) is 19.1 Å². The molecule has 0 amide bonds.